The Labute approximate surface area is 160 Å². The highest BCUT2D eigenvalue weighted by Crippen LogP contribution is 2.26. The van der Waals surface area contributed by atoms with E-state index < -0.39 is 43.2 Å². The van der Waals surface area contributed by atoms with Gasteiger partial charge in [-0.3, -0.25) is 9.78 Å². The van der Waals surface area contributed by atoms with Gasteiger partial charge in [-0.2, -0.15) is 0 Å². The molecule has 3 rings (SSSR count). The Morgan fingerprint density at radius 3 is 2.71 bits per heavy atom. The second-order valence-electron chi connectivity index (χ2n) is 6.36. The topological polar surface area (TPSA) is 162 Å². The minimum atomic E-state index is -1.53. The van der Waals surface area contributed by atoms with Gasteiger partial charge in [0, 0.05) is 18.1 Å². The van der Waals surface area contributed by atoms with Gasteiger partial charge >= 0.3 is 0 Å². The van der Waals surface area contributed by atoms with Crippen LogP contribution in [0.1, 0.15) is 10.4 Å². The summed E-state index contributed by atoms with van der Waals surface area (Å²) in [5.74, 6) is -0.770. The lowest BCUT2D eigenvalue weighted by Gasteiger charge is -2.39. The second kappa shape index (κ2) is 8.78. The number of aromatic nitrogens is 1. The van der Waals surface area contributed by atoms with Gasteiger partial charge in [0.25, 0.3) is 5.91 Å². The largest absolute Gasteiger partial charge is 0.505 e. The molecular formula is C18H22N2O8. The number of nitrogens with one attached hydrogen (secondary N) is 1. The first-order chi connectivity index (χ1) is 13.4. The van der Waals surface area contributed by atoms with Crippen molar-refractivity contribution in [1.29, 1.82) is 0 Å². The zero-order valence-corrected chi connectivity index (χ0v) is 14.8. The van der Waals surface area contributed by atoms with Crippen molar-refractivity contribution >= 4 is 16.8 Å². The number of nitrogens with zero attached hydrogens (tertiary/aromatic N) is 1. The lowest BCUT2D eigenvalue weighted by atomic mass is 9.99. The molecule has 1 aromatic carbocycles. The molecule has 152 valence electrons. The van der Waals surface area contributed by atoms with E-state index in [2.05, 4.69) is 10.3 Å². The van der Waals surface area contributed by atoms with Crippen LogP contribution in [0.4, 0.5) is 0 Å². The van der Waals surface area contributed by atoms with Crippen LogP contribution in [0.25, 0.3) is 10.9 Å². The zero-order chi connectivity index (χ0) is 20.3. The molecule has 0 radical (unpaired) electrons. The van der Waals surface area contributed by atoms with E-state index in [0.717, 1.165) is 0 Å². The number of rotatable bonds is 6. The zero-order valence-electron chi connectivity index (χ0n) is 14.8. The van der Waals surface area contributed by atoms with Gasteiger partial charge in [-0.05, 0) is 12.1 Å². The van der Waals surface area contributed by atoms with Crippen LogP contribution < -0.4 is 5.32 Å². The number of phenols is 1. The Hall–Kier alpha value is -2.34. The van der Waals surface area contributed by atoms with Crippen molar-refractivity contribution in [1.82, 2.24) is 10.3 Å². The number of phenolic OH excluding ortho intramolecular Hbond substituents is 1. The van der Waals surface area contributed by atoms with Crippen LogP contribution in [0.2, 0.25) is 0 Å². The van der Waals surface area contributed by atoms with Crippen LogP contribution in [0, 0.1) is 0 Å². The summed E-state index contributed by atoms with van der Waals surface area (Å²) < 4.78 is 10.5. The smallest absolute Gasteiger partial charge is 0.255 e. The third-order valence-corrected chi connectivity index (χ3v) is 4.51. The van der Waals surface area contributed by atoms with Crippen molar-refractivity contribution in [3.05, 3.63) is 36.0 Å². The number of carbonyl (C=O) groups is 1. The maximum Gasteiger partial charge on any atom is 0.255 e. The lowest BCUT2D eigenvalue weighted by molar-refractivity contribution is -0.300. The Kier molecular flexibility index (Phi) is 6.39. The molecule has 0 saturated carbocycles. The second-order valence-corrected chi connectivity index (χ2v) is 6.36. The molecule has 1 saturated heterocycles. The van der Waals surface area contributed by atoms with E-state index in [1.54, 1.807) is 18.2 Å². The molecule has 1 aliphatic heterocycles. The molecule has 0 aliphatic carbocycles. The van der Waals surface area contributed by atoms with Gasteiger partial charge in [-0.15, -0.1) is 0 Å². The predicted octanol–water partition coefficient (Wildman–Crippen LogP) is -1.51. The third kappa shape index (κ3) is 4.07. The molecule has 0 spiro atoms. The van der Waals surface area contributed by atoms with Crippen molar-refractivity contribution in [2.45, 2.75) is 30.7 Å². The van der Waals surface area contributed by atoms with E-state index in [1.807, 2.05) is 0 Å². The van der Waals surface area contributed by atoms with Crippen molar-refractivity contribution in [3.63, 3.8) is 0 Å². The highest BCUT2D eigenvalue weighted by molar-refractivity contribution is 6.02. The fraction of sp³-hybridized carbons (Fsp3) is 0.444. The van der Waals surface area contributed by atoms with Gasteiger partial charge in [0.1, 0.15) is 29.9 Å². The summed E-state index contributed by atoms with van der Waals surface area (Å²) in [6.07, 6.45) is -5.34. The van der Waals surface area contributed by atoms with E-state index in [-0.39, 0.29) is 24.5 Å². The molecule has 1 aromatic heterocycles. The number of aliphatic hydroxyl groups excluding tert-OH is 4. The van der Waals surface area contributed by atoms with Crippen LogP contribution in [-0.2, 0) is 9.47 Å². The molecule has 1 amide bonds. The van der Waals surface area contributed by atoms with E-state index in [4.69, 9.17) is 14.6 Å². The number of hydrogen-bond acceptors (Lipinski definition) is 9. The van der Waals surface area contributed by atoms with E-state index >= 15 is 0 Å². The van der Waals surface area contributed by atoms with E-state index in [9.17, 15) is 25.2 Å². The fourth-order valence-electron chi connectivity index (χ4n) is 2.95. The summed E-state index contributed by atoms with van der Waals surface area (Å²) in [6, 6.07) is 6.63. The van der Waals surface area contributed by atoms with Crippen LogP contribution in [0.3, 0.4) is 0 Å². The summed E-state index contributed by atoms with van der Waals surface area (Å²) in [4.78, 5) is 16.3. The Bertz CT molecular complexity index is 830. The summed E-state index contributed by atoms with van der Waals surface area (Å²) in [5, 5.41) is 51.9. The van der Waals surface area contributed by atoms with Gasteiger partial charge in [-0.25, -0.2) is 0 Å². The van der Waals surface area contributed by atoms with Gasteiger partial charge in [0.15, 0.2) is 12.0 Å². The number of benzene rings is 1. The van der Waals surface area contributed by atoms with E-state index in [0.29, 0.717) is 10.9 Å². The first-order valence-corrected chi connectivity index (χ1v) is 8.71. The van der Waals surface area contributed by atoms with Crippen LogP contribution >= 0.6 is 0 Å². The minimum absolute atomic E-state index is 0.0214. The standard InChI is InChI=1S/C18H22N2O8/c21-8-11-14(23)15(24)16(25)18(28-11)27-7-6-20-17(26)10-4-3-9-2-1-5-19-12(9)13(10)22/h1-5,11,14-16,18,21-25H,6-8H2,(H,20,26)/t11-,14-,15+,16-,18-/m1/s1. The molecule has 28 heavy (non-hydrogen) atoms. The van der Waals surface area contributed by atoms with Crippen molar-refractivity contribution < 1.29 is 39.8 Å². The van der Waals surface area contributed by atoms with Crippen molar-refractivity contribution in [2.75, 3.05) is 19.8 Å². The maximum absolute atomic E-state index is 12.3. The molecule has 5 atom stereocenters. The number of amides is 1. The summed E-state index contributed by atoms with van der Waals surface area (Å²) in [7, 11) is 0. The molecule has 1 aliphatic rings. The van der Waals surface area contributed by atoms with Gasteiger partial charge < -0.3 is 40.3 Å². The molecule has 10 heteroatoms. The number of carbonyl (C=O) groups excluding carboxylic acids is 1. The molecule has 0 unspecified atom stereocenters. The highest BCUT2D eigenvalue weighted by atomic mass is 16.7. The fourth-order valence-corrected chi connectivity index (χ4v) is 2.95. The molecular weight excluding hydrogens is 372 g/mol. The number of hydrogen-bond donors (Lipinski definition) is 6. The number of aliphatic hydroxyl groups is 4. The third-order valence-electron chi connectivity index (χ3n) is 4.51. The maximum atomic E-state index is 12.3. The monoisotopic (exact) mass is 394 g/mol. The quantitative estimate of drug-likeness (QED) is 0.320. The Morgan fingerprint density at radius 1 is 1.18 bits per heavy atom. The average molecular weight is 394 g/mol. The normalized spacial score (nSPS) is 27.6. The SMILES string of the molecule is O=C(NCCO[C@@H]1O[C@H](CO)[C@@H](O)[C@H](O)[C@H]1O)c1ccc2cccnc2c1O. The van der Waals surface area contributed by atoms with Crippen molar-refractivity contribution in [3.8, 4) is 5.75 Å². The Balaban J connectivity index is 1.54. The summed E-state index contributed by atoms with van der Waals surface area (Å²) >= 11 is 0. The van der Waals surface area contributed by atoms with Crippen LogP contribution in [-0.4, -0.2) is 86.9 Å². The minimum Gasteiger partial charge on any atom is -0.505 e. The number of aromatic hydroxyl groups is 1. The molecule has 2 aromatic rings. The molecule has 6 N–H and O–H groups in total. The molecule has 2 heterocycles. The first-order valence-electron chi connectivity index (χ1n) is 8.71. The van der Waals surface area contributed by atoms with Crippen LogP contribution in [0.5, 0.6) is 5.75 Å². The average Bonchev–Trinajstić information content (AvgIpc) is 2.71. The molecule has 10 nitrogen and oxygen atoms in total. The number of fused-ring (bicyclic) bond motifs is 1. The summed E-state index contributed by atoms with van der Waals surface area (Å²) in [6.45, 7) is -0.620. The number of ether oxygens (including phenoxy) is 2. The van der Waals surface area contributed by atoms with Crippen molar-refractivity contribution in [2.24, 2.45) is 0 Å². The number of pyridine rings is 1. The molecule has 1 fully saturated rings. The first kappa shape index (κ1) is 20.4. The van der Waals surface area contributed by atoms with Gasteiger partial charge in [0.2, 0.25) is 0 Å². The lowest BCUT2D eigenvalue weighted by Crippen LogP contribution is -2.59. The van der Waals surface area contributed by atoms with E-state index in [1.165, 1.54) is 12.3 Å². The van der Waals surface area contributed by atoms with Gasteiger partial charge in [-0.1, -0.05) is 12.1 Å². The van der Waals surface area contributed by atoms with Gasteiger partial charge in [0.05, 0.1) is 18.8 Å². The summed E-state index contributed by atoms with van der Waals surface area (Å²) in [5.41, 5.74) is 0.367. The van der Waals surface area contributed by atoms with Crippen LogP contribution in [0.15, 0.2) is 30.5 Å². The highest BCUT2D eigenvalue weighted by Gasteiger charge is 2.43. The Morgan fingerprint density at radius 2 is 1.96 bits per heavy atom. The predicted molar refractivity (Wildman–Crippen MR) is 95.5 cm³/mol. The molecule has 0 bridgehead atoms.